The molecule has 0 spiro atoms. The zero-order chi connectivity index (χ0) is 26.5. The average molecular weight is 531 g/mol. The molecule has 2 N–H and O–H groups in total. The Balaban J connectivity index is 1.40. The number of pyridine rings is 1. The lowest BCUT2D eigenvalue weighted by Gasteiger charge is -2.18. The van der Waals surface area contributed by atoms with Gasteiger partial charge in [-0.3, -0.25) is 9.78 Å². The van der Waals surface area contributed by atoms with E-state index in [2.05, 4.69) is 44.1 Å². The van der Waals surface area contributed by atoms with Crippen LogP contribution in [0.4, 0.5) is 17.2 Å². The van der Waals surface area contributed by atoms with Gasteiger partial charge in [0.15, 0.2) is 0 Å². The van der Waals surface area contributed by atoms with Crippen LogP contribution in [0.1, 0.15) is 12.1 Å². The first kappa shape index (κ1) is 25.4. The monoisotopic (exact) mass is 530 g/mol. The molecule has 194 valence electrons. The summed E-state index contributed by atoms with van der Waals surface area (Å²) in [6.45, 7) is 5.64. The number of hydrogen-bond acceptors (Lipinski definition) is 8. The fourth-order valence-electron chi connectivity index (χ4n) is 4.20. The number of rotatable bonds is 9. The van der Waals surface area contributed by atoms with Gasteiger partial charge in [0.1, 0.15) is 36.4 Å². The Kier molecular flexibility index (Phi) is 7.67. The van der Waals surface area contributed by atoms with Gasteiger partial charge < -0.3 is 25.0 Å². The van der Waals surface area contributed by atoms with Gasteiger partial charge in [0.25, 0.3) is 0 Å². The van der Waals surface area contributed by atoms with E-state index in [0.29, 0.717) is 51.2 Å². The van der Waals surface area contributed by atoms with Crippen LogP contribution in [-0.2, 0) is 11.4 Å². The minimum atomic E-state index is -0.336. The number of carbonyl (C=O) groups excluding carboxylic acids is 1. The van der Waals surface area contributed by atoms with Crippen molar-refractivity contribution in [2.75, 3.05) is 30.8 Å². The molecule has 4 aromatic rings. The summed E-state index contributed by atoms with van der Waals surface area (Å²) in [5.74, 6) is 1.31. The Labute approximate surface area is 225 Å². The van der Waals surface area contributed by atoms with Crippen molar-refractivity contribution >= 4 is 45.6 Å². The standard InChI is InChI=1S/C28H27ClN6O3/c1-3-27(36)34-24-13-21-23(14-26(24)38-20-9-11-35(2)15-20)31-17-32-28(21)33-18-7-8-25(22(29)12-18)37-16-19-6-4-5-10-30-19/h3-8,10,12-14,17,20H,1,9,11,15-16H2,2H3,(H,34,36)(H,31,32,33)/t20-/m1/s1. The van der Waals surface area contributed by atoms with Crippen molar-refractivity contribution in [2.45, 2.75) is 19.1 Å². The number of aromatic nitrogens is 3. The number of anilines is 3. The predicted octanol–water partition coefficient (Wildman–Crippen LogP) is 5.21. The fraction of sp³-hybridized carbons (Fsp3) is 0.214. The third kappa shape index (κ3) is 6.01. The Hall–Kier alpha value is -4.21. The van der Waals surface area contributed by atoms with E-state index in [1.165, 1.54) is 12.4 Å². The van der Waals surface area contributed by atoms with E-state index >= 15 is 0 Å². The summed E-state index contributed by atoms with van der Waals surface area (Å²) < 4.78 is 12.1. The number of hydrogen-bond donors (Lipinski definition) is 2. The van der Waals surface area contributed by atoms with Gasteiger partial charge in [-0.05, 0) is 55.9 Å². The molecule has 1 amide bonds. The number of nitrogens with zero attached hydrogens (tertiary/aromatic N) is 4. The highest BCUT2D eigenvalue weighted by Crippen LogP contribution is 2.36. The maximum atomic E-state index is 12.2. The van der Waals surface area contributed by atoms with Gasteiger partial charge in [0.05, 0.1) is 21.9 Å². The molecule has 0 unspecified atom stereocenters. The molecule has 1 aliphatic heterocycles. The van der Waals surface area contributed by atoms with Crippen LogP contribution in [0.15, 0.2) is 73.7 Å². The summed E-state index contributed by atoms with van der Waals surface area (Å²) in [5.41, 5.74) is 2.71. The van der Waals surface area contributed by atoms with E-state index in [4.69, 9.17) is 21.1 Å². The number of ether oxygens (including phenoxy) is 2. The molecule has 2 aromatic heterocycles. The van der Waals surface area contributed by atoms with E-state index in [1.807, 2.05) is 30.3 Å². The predicted molar refractivity (Wildman–Crippen MR) is 148 cm³/mol. The van der Waals surface area contributed by atoms with Crippen LogP contribution in [0.25, 0.3) is 10.9 Å². The Morgan fingerprint density at radius 2 is 2.08 bits per heavy atom. The molecule has 1 aliphatic rings. The fourth-order valence-corrected chi connectivity index (χ4v) is 4.44. The highest BCUT2D eigenvalue weighted by molar-refractivity contribution is 6.32. The van der Waals surface area contributed by atoms with Crippen LogP contribution in [0, 0.1) is 0 Å². The zero-order valence-electron chi connectivity index (χ0n) is 20.9. The van der Waals surface area contributed by atoms with Crippen LogP contribution < -0.4 is 20.1 Å². The van der Waals surface area contributed by atoms with Crippen molar-refractivity contribution < 1.29 is 14.3 Å². The molecule has 38 heavy (non-hydrogen) atoms. The lowest BCUT2D eigenvalue weighted by molar-refractivity contribution is -0.111. The molecule has 9 nitrogen and oxygen atoms in total. The third-order valence-electron chi connectivity index (χ3n) is 6.12. The summed E-state index contributed by atoms with van der Waals surface area (Å²) >= 11 is 6.50. The second kappa shape index (κ2) is 11.5. The van der Waals surface area contributed by atoms with E-state index in [0.717, 1.165) is 25.2 Å². The van der Waals surface area contributed by atoms with Crippen molar-refractivity contribution in [1.82, 2.24) is 19.9 Å². The number of nitrogens with one attached hydrogen (secondary N) is 2. The van der Waals surface area contributed by atoms with Crippen LogP contribution in [0.3, 0.4) is 0 Å². The number of amides is 1. The minimum absolute atomic E-state index is 0.0248. The summed E-state index contributed by atoms with van der Waals surface area (Å²) in [4.78, 5) is 27.5. The second-order valence-corrected chi connectivity index (χ2v) is 9.36. The lowest BCUT2D eigenvalue weighted by Crippen LogP contribution is -2.22. The number of likely N-dealkylation sites (N-methyl/N-ethyl adjacent to an activating group) is 1. The normalized spacial score (nSPS) is 15.3. The molecule has 2 aromatic carbocycles. The van der Waals surface area contributed by atoms with Gasteiger partial charge in [-0.25, -0.2) is 9.97 Å². The summed E-state index contributed by atoms with van der Waals surface area (Å²) in [5, 5.41) is 7.30. The van der Waals surface area contributed by atoms with Gasteiger partial charge >= 0.3 is 0 Å². The van der Waals surface area contributed by atoms with E-state index in [9.17, 15) is 4.79 Å². The smallest absolute Gasteiger partial charge is 0.247 e. The van der Waals surface area contributed by atoms with E-state index in [1.54, 1.807) is 24.4 Å². The van der Waals surface area contributed by atoms with Crippen molar-refractivity contribution in [2.24, 2.45) is 0 Å². The van der Waals surface area contributed by atoms with Crippen LogP contribution >= 0.6 is 11.6 Å². The van der Waals surface area contributed by atoms with Crippen molar-refractivity contribution in [1.29, 1.82) is 0 Å². The number of fused-ring (bicyclic) bond motifs is 1. The maximum absolute atomic E-state index is 12.2. The van der Waals surface area contributed by atoms with Gasteiger partial charge in [-0.1, -0.05) is 24.2 Å². The highest BCUT2D eigenvalue weighted by Gasteiger charge is 2.23. The number of carbonyl (C=O) groups is 1. The first-order chi connectivity index (χ1) is 18.5. The van der Waals surface area contributed by atoms with Crippen LogP contribution in [-0.4, -0.2) is 52.0 Å². The molecule has 1 atom stereocenters. The molecule has 3 heterocycles. The zero-order valence-corrected chi connectivity index (χ0v) is 21.6. The molecular formula is C28H27ClN6O3. The Bertz CT molecular complexity index is 1470. The Morgan fingerprint density at radius 1 is 1.18 bits per heavy atom. The SMILES string of the molecule is C=CC(=O)Nc1cc2c(Nc3ccc(OCc4ccccn4)c(Cl)c3)ncnc2cc1O[C@@H]1CCN(C)C1. The molecule has 1 saturated heterocycles. The first-order valence-corrected chi connectivity index (χ1v) is 12.5. The van der Waals surface area contributed by atoms with E-state index in [-0.39, 0.29) is 12.0 Å². The van der Waals surface area contributed by atoms with Gasteiger partial charge in [-0.2, -0.15) is 0 Å². The topological polar surface area (TPSA) is 102 Å². The average Bonchev–Trinajstić information content (AvgIpc) is 3.33. The van der Waals surface area contributed by atoms with Gasteiger partial charge in [-0.15, -0.1) is 0 Å². The van der Waals surface area contributed by atoms with Gasteiger partial charge in [0, 0.05) is 36.4 Å². The highest BCUT2D eigenvalue weighted by atomic mass is 35.5. The third-order valence-corrected chi connectivity index (χ3v) is 6.41. The lowest BCUT2D eigenvalue weighted by atomic mass is 10.1. The first-order valence-electron chi connectivity index (χ1n) is 12.1. The van der Waals surface area contributed by atoms with Crippen molar-refractivity contribution in [3.63, 3.8) is 0 Å². The van der Waals surface area contributed by atoms with Crippen molar-refractivity contribution in [3.8, 4) is 11.5 Å². The largest absolute Gasteiger partial charge is 0.487 e. The van der Waals surface area contributed by atoms with Crippen LogP contribution in [0.5, 0.6) is 11.5 Å². The summed E-state index contributed by atoms with van der Waals surface area (Å²) in [6.07, 6.45) is 5.35. The van der Waals surface area contributed by atoms with Gasteiger partial charge in [0.2, 0.25) is 5.91 Å². The minimum Gasteiger partial charge on any atom is -0.487 e. The maximum Gasteiger partial charge on any atom is 0.247 e. The van der Waals surface area contributed by atoms with Crippen molar-refractivity contribution in [3.05, 3.63) is 84.4 Å². The molecule has 10 heteroatoms. The Morgan fingerprint density at radius 3 is 2.82 bits per heavy atom. The quantitative estimate of drug-likeness (QED) is 0.284. The molecule has 0 radical (unpaired) electrons. The molecule has 1 fully saturated rings. The molecule has 0 saturated carbocycles. The van der Waals surface area contributed by atoms with Crippen LogP contribution in [0.2, 0.25) is 5.02 Å². The molecule has 5 rings (SSSR count). The number of halogens is 1. The molecular weight excluding hydrogens is 504 g/mol. The summed E-state index contributed by atoms with van der Waals surface area (Å²) in [7, 11) is 2.06. The molecule has 0 aliphatic carbocycles. The van der Waals surface area contributed by atoms with E-state index < -0.39 is 0 Å². The molecule has 0 bridgehead atoms. The second-order valence-electron chi connectivity index (χ2n) is 8.95. The number of benzene rings is 2. The summed E-state index contributed by atoms with van der Waals surface area (Å²) in [6, 6.07) is 14.7. The number of likely N-dealkylation sites (tertiary alicyclic amines) is 1.